The Morgan fingerprint density at radius 1 is 0.939 bits per heavy atom. The van der Waals surface area contributed by atoms with E-state index in [4.69, 9.17) is 28.3 Å². The van der Waals surface area contributed by atoms with Gasteiger partial charge < -0.3 is 5.32 Å². The van der Waals surface area contributed by atoms with Gasteiger partial charge >= 0.3 is 6.03 Å². The van der Waals surface area contributed by atoms with E-state index in [1.54, 1.807) is 29.1 Å². The van der Waals surface area contributed by atoms with Gasteiger partial charge in [0.1, 0.15) is 5.82 Å². The second-order valence-electron chi connectivity index (χ2n) is 8.55. The Kier molecular flexibility index (Phi) is 6.40. The van der Waals surface area contributed by atoms with Gasteiger partial charge in [0.25, 0.3) is 0 Å². The summed E-state index contributed by atoms with van der Waals surface area (Å²) in [5.74, 6) is 0.527. The maximum Gasteiger partial charge on any atom is 0.324 e. The summed E-state index contributed by atoms with van der Waals surface area (Å²) in [4.78, 5) is 17.0. The first-order valence-electron chi connectivity index (χ1n) is 10.4. The molecule has 8 heteroatoms. The summed E-state index contributed by atoms with van der Waals surface area (Å²) in [7, 11) is 0. The van der Waals surface area contributed by atoms with Gasteiger partial charge in [-0.25, -0.2) is 9.48 Å². The van der Waals surface area contributed by atoms with Crippen LogP contribution in [0.1, 0.15) is 26.5 Å². The fraction of sp³-hybridized carbons (Fsp3) is 0.160. The van der Waals surface area contributed by atoms with Gasteiger partial charge in [0.05, 0.1) is 27.1 Å². The second-order valence-corrected chi connectivity index (χ2v) is 9.33. The maximum absolute atomic E-state index is 12.8. The summed E-state index contributed by atoms with van der Waals surface area (Å²) in [5, 5.41) is 11.1. The molecule has 0 fully saturated rings. The van der Waals surface area contributed by atoms with Crippen LogP contribution < -0.4 is 10.6 Å². The third-order valence-corrected chi connectivity index (χ3v) is 5.82. The van der Waals surface area contributed by atoms with Crippen LogP contribution in [0.5, 0.6) is 0 Å². The SMILES string of the molecule is CC(C)(C)c1cc(NC(=O)Nc2cccc(Cl)c2Cl)n(-c2cccc(-c3cccnc3)c2)n1. The first-order chi connectivity index (χ1) is 15.7. The average Bonchev–Trinajstić information content (AvgIpc) is 3.22. The van der Waals surface area contributed by atoms with Gasteiger partial charge in [0, 0.05) is 29.4 Å². The number of carbonyl (C=O) groups is 1. The van der Waals surface area contributed by atoms with E-state index in [0.29, 0.717) is 16.5 Å². The van der Waals surface area contributed by atoms with E-state index in [2.05, 4.69) is 36.4 Å². The van der Waals surface area contributed by atoms with Crippen molar-refractivity contribution in [3.63, 3.8) is 0 Å². The molecule has 0 aliphatic carbocycles. The van der Waals surface area contributed by atoms with E-state index in [9.17, 15) is 4.79 Å². The van der Waals surface area contributed by atoms with Crippen LogP contribution in [0.2, 0.25) is 10.0 Å². The Morgan fingerprint density at radius 3 is 2.42 bits per heavy atom. The minimum atomic E-state index is -0.454. The molecule has 0 bridgehead atoms. The van der Waals surface area contributed by atoms with E-state index in [1.165, 1.54) is 0 Å². The van der Waals surface area contributed by atoms with E-state index >= 15 is 0 Å². The lowest BCUT2D eigenvalue weighted by Gasteiger charge is -2.14. The molecular weight excluding hydrogens is 457 g/mol. The van der Waals surface area contributed by atoms with Crippen molar-refractivity contribution in [3.05, 3.63) is 88.8 Å². The Bertz CT molecular complexity index is 1300. The zero-order valence-electron chi connectivity index (χ0n) is 18.4. The van der Waals surface area contributed by atoms with Crippen molar-refractivity contribution >= 4 is 40.7 Å². The predicted octanol–water partition coefficient (Wildman–Crippen LogP) is 7.18. The molecule has 0 aliphatic heterocycles. The van der Waals surface area contributed by atoms with Gasteiger partial charge in [-0.05, 0) is 35.9 Å². The number of halogens is 2. The normalized spacial score (nSPS) is 11.3. The van der Waals surface area contributed by atoms with Crippen molar-refractivity contribution in [2.45, 2.75) is 26.2 Å². The molecule has 0 saturated carbocycles. The molecule has 0 spiro atoms. The van der Waals surface area contributed by atoms with Crippen LogP contribution in [-0.2, 0) is 5.41 Å². The maximum atomic E-state index is 12.8. The molecule has 0 aliphatic rings. The molecule has 0 atom stereocenters. The Labute approximate surface area is 202 Å². The number of aromatic nitrogens is 3. The zero-order chi connectivity index (χ0) is 23.6. The molecule has 33 heavy (non-hydrogen) atoms. The monoisotopic (exact) mass is 479 g/mol. The standard InChI is InChI=1S/C25H23Cl2N5O/c1-25(2,3)21-14-22(30-24(33)29-20-11-5-10-19(26)23(20)27)32(31-21)18-9-4-7-16(13-18)17-8-6-12-28-15-17/h4-15H,1-3H3,(H2,29,30,33). The van der Waals surface area contributed by atoms with Crippen molar-refractivity contribution in [1.29, 1.82) is 0 Å². The van der Waals surface area contributed by atoms with E-state index in [-0.39, 0.29) is 10.4 Å². The van der Waals surface area contributed by atoms with Gasteiger partial charge in [-0.3, -0.25) is 10.3 Å². The van der Waals surface area contributed by atoms with Crippen molar-refractivity contribution in [3.8, 4) is 16.8 Å². The van der Waals surface area contributed by atoms with Gasteiger partial charge in [-0.1, -0.05) is 68.2 Å². The van der Waals surface area contributed by atoms with Crippen LogP contribution in [0, 0.1) is 0 Å². The van der Waals surface area contributed by atoms with Crippen LogP contribution in [-0.4, -0.2) is 20.8 Å². The highest BCUT2D eigenvalue weighted by atomic mass is 35.5. The third-order valence-electron chi connectivity index (χ3n) is 5.00. The smallest absolute Gasteiger partial charge is 0.306 e. The van der Waals surface area contributed by atoms with Crippen LogP contribution in [0.25, 0.3) is 16.8 Å². The van der Waals surface area contributed by atoms with Crippen LogP contribution >= 0.6 is 23.2 Å². The van der Waals surface area contributed by atoms with Crippen molar-refractivity contribution < 1.29 is 4.79 Å². The van der Waals surface area contributed by atoms with E-state index in [0.717, 1.165) is 22.5 Å². The molecule has 2 N–H and O–H groups in total. The summed E-state index contributed by atoms with van der Waals surface area (Å²) in [5.41, 5.74) is 3.84. The number of hydrogen-bond donors (Lipinski definition) is 2. The highest BCUT2D eigenvalue weighted by molar-refractivity contribution is 6.44. The molecule has 6 nitrogen and oxygen atoms in total. The topological polar surface area (TPSA) is 71.8 Å². The summed E-state index contributed by atoms with van der Waals surface area (Å²) in [6.07, 6.45) is 3.55. The molecule has 2 aromatic heterocycles. The molecule has 2 heterocycles. The van der Waals surface area contributed by atoms with Crippen molar-refractivity contribution in [2.24, 2.45) is 0 Å². The summed E-state index contributed by atoms with van der Waals surface area (Å²) >= 11 is 12.3. The van der Waals surface area contributed by atoms with Gasteiger partial charge in [-0.15, -0.1) is 0 Å². The number of hydrogen-bond acceptors (Lipinski definition) is 3. The fourth-order valence-corrected chi connectivity index (χ4v) is 3.60. The Hall–Kier alpha value is -3.35. The number of carbonyl (C=O) groups excluding carboxylic acids is 1. The Balaban J connectivity index is 1.69. The van der Waals surface area contributed by atoms with Crippen LogP contribution in [0.15, 0.2) is 73.1 Å². The quantitative estimate of drug-likeness (QED) is 0.325. The minimum Gasteiger partial charge on any atom is -0.306 e. The molecule has 168 valence electrons. The highest BCUT2D eigenvalue weighted by Crippen LogP contribution is 2.31. The third kappa shape index (κ3) is 5.18. The van der Waals surface area contributed by atoms with Crippen molar-refractivity contribution in [1.82, 2.24) is 14.8 Å². The highest BCUT2D eigenvalue weighted by Gasteiger charge is 2.22. The van der Waals surface area contributed by atoms with E-state index in [1.807, 2.05) is 48.7 Å². The number of urea groups is 1. The summed E-state index contributed by atoms with van der Waals surface area (Å²) < 4.78 is 1.72. The largest absolute Gasteiger partial charge is 0.324 e. The van der Waals surface area contributed by atoms with E-state index < -0.39 is 6.03 Å². The first-order valence-corrected chi connectivity index (χ1v) is 11.1. The zero-order valence-corrected chi connectivity index (χ0v) is 19.9. The lowest BCUT2D eigenvalue weighted by Crippen LogP contribution is -2.21. The molecule has 2 amide bonds. The van der Waals surface area contributed by atoms with Crippen molar-refractivity contribution in [2.75, 3.05) is 10.6 Å². The Morgan fingerprint density at radius 2 is 1.70 bits per heavy atom. The number of anilines is 2. The lowest BCUT2D eigenvalue weighted by molar-refractivity contribution is 0.262. The number of benzene rings is 2. The number of pyridine rings is 1. The molecule has 0 radical (unpaired) electrons. The molecule has 2 aromatic carbocycles. The summed E-state index contributed by atoms with van der Waals surface area (Å²) in [6, 6.07) is 18.3. The minimum absolute atomic E-state index is 0.213. The predicted molar refractivity (Wildman–Crippen MR) is 135 cm³/mol. The van der Waals surface area contributed by atoms with Gasteiger partial charge in [0.15, 0.2) is 0 Å². The average molecular weight is 480 g/mol. The molecule has 4 aromatic rings. The van der Waals surface area contributed by atoms with Gasteiger partial charge in [0.2, 0.25) is 0 Å². The van der Waals surface area contributed by atoms with Crippen LogP contribution in [0.3, 0.4) is 0 Å². The fourth-order valence-electron chi connectivity index (χ4n) is 3.25. The molecule has 0 saturated heterocycles. The van der Waals surface area contributed by atoms with Gasteiger partial charge in [-0.2, -0.15) is 5.10 Å². The molecule has 4 rings (SSSR count). The number of nitrogens with one attached hydrogen (secondary N) is 2. The summed E-state index contributed by atoms with van der Waals surface area (Å²) in [6.45, 7) is 6.21. The molecule has 0 unspecified atom stereocenters. The first kappa shape index (κ1) is 22.8. The lowest BCUT2D eigenvalue weighted by atomic mass is 9.92. The van der Waals surface area contributed by atoms with Crippen LogP contribution in [0.4, 0.5) is 16.3 Å². The number of rotatable bonds is 4. The second kappa shape index (κ2) is 9.25. The molecular formula is C25H23Cl2N5O. The number of amides is 2. The number of nitrogens with zero attached hydrogens (tertiary/aromatic N) is 3.